The molecule has 1 heterocycles. The molecule has 0 saturated heterocycles. The van der Waals surface area contributed by atoms with E-state index in [0.29, 0.717) is 30.0 Å². The summed E-state index contributed by atoms with van der Waals surface area (Å²) in [5.74, 6) is 0.0524. The molecule has 2 rings (SSSR count). The van der Waals surface area contributed by atoms with E-state index in [1.165, 1.54) is 0 Å². The van der Waals surface area contributed by atoms with Crippen molar-refractivity contribution in [2.45, 2.75) is 12.8 Å². The Morgan fingerprint density at radius 2 is 2.06 bits per heavy atom. The minimum atomic E-state index is -0.868. The number of amides is 1. The van der Waals surface area contributed by atoms with Crippen molar-refractivity contribution in [3.8, 4) is 11.5 Å². The number of fused-ring (bicyclic) bond motifs is 1. The molecule has 1 aromatic carbocycles. The fourth-order valence-electron chi connectivity index (χ4n) is 1.58. The molecular formula is C12H13NO5. The number of carbonyl (C=O) groups excluding carboxylic acids is 1. The molecule has 6 nitrogen and oxygen atoms in total. The fraction of sp³-hybridized carbons (Fsp3) is 0.333. The molecule has 96 valence electrons. The Morgan fingerprint density at radius 3 is 2.83 bits per heavy atom. The van der Waals surface area contributed by atoms with E-state index in [-0.39, 0.29) is 19.1 Å². The monoisotopic (exact) mass is 251 g/mol. The van der Waals surface area contributed by atoms with E-state index in [2.05, 4.69) is 5.32 Å². The molecule has 0 radical (unpaired) electrons. The third-order valence-electron chi connectivity index (χ3n) is 2.49. The molecule has 0 aromatic heterocycles. The van der Waals surface area contributed by atoms with Gasteiger partial charge < -0.3 is 19.9 Å². The van der Waals surface area contributed by atoms with Crippen LogP contribution in [0.25, 0.3) is 0 Å². The van der Waals surface area contributed by atoms with Crippen molar-refractivity contribution in [3.63, 3.8) is 0 Å². The molecule has 6 heteroatoms. The Hall–Kier alpha value is -2.24. The van der Waals surface area contributed by atoms with Crippen molar-refractivity contribution in [1.29, 1.82) is 0 Å². The highest BCUT2D eigenvalue weighted by Crippen LogP contribution is 2.32. The summed E-state index contributed by atoms with van der Waals surface area (Å²) in [6.45, 7) is 0.499. The maximum Gasteiger partial charge on any atom is 0.303 e. The number of ether oxygens (including phenoxy) is 2. The van der Waals surface area contributed by atoms with Gasteiger partial charge in [0.15, 0.2) is 11.5 Å². The van der Waals surface area contributed by atoms with Crippen LogP contribution in [0.2, 0.25) is 0 Å². The zero-order valence-corrected chi connectivity index (χ0v) is 9.64. The van der Waals surface area contributed by atoms with Crippen LogP contribution in [0.5, 0.6) is 11.5 Å². The molecule has 0 atom stereocenters. The van der Waals surface area contributed by atoms with Gasteiger partial charge in [-0.3, -0.25) is 9.59 Å². The predicted molar refractivity (Wildman–Crippen MR) is 61.8 cm³/mol. The molecule has 2 N–H and O–H groups in total. The Labute approximate surface area is 104 Å². The topological polar surface area (TPSA) is 84.9 Å². The van der Waals surface area contributed by atoms with E-state index >= 15 is 0 Å². The van der Waals surface area contributed by atoms with Gasteiger partial charge >= 0.3 is 5.97 Å². The molecule has 1 amide bonds. The number of carboxylic acid groups (broad SMARTS) is 1. The van der Waals surface area contributed by atoms with Crippen molar-refractivity contribution in [3.05, 3.63) is 23.8 Å². The average Bonchev–Trinajstić information content (AvgIpc) is 2.81. The second-order valence-corrected chi connectivity index (χ2v) is 3.82. The SMILES string of the molecule is O=C(O)CCCNC(=O)c1ccc2c(c1)OCO2. The third kappa shape index (κ3) is 2.91. The van der Waals surface area contributed by atoms with Crippen LogP contribution in [0.15, 0.2) is 18.2 Å². The second-order valence-electron chi connectivity index (χ2n) is 3.82. The summed E-state index contributed by atoms with van der Waals surface area (Å²) >= 11 is 0. The maximum absolute atomic E-state index is 11.7. The lowest BCUT2D eigenvalue weighted by atomic mass is 10.2. The largest absolute Gasteiger partial charge is 0.481 e. The lowest BCUT2D eigenvalue weighted by molar-refractivity contribution is -0.137. The van der Waals surface area contributed by atoms with Crippen LogP contribution in [-0.2, 0) is 4.79 Å². The van der Waals surface area contributed by atoms with Crippen molar-refractivity contribution in [2.24, 2.45) is 0 Å². The van der Waals surface area contributed by atoms with Crippen molar-refractivity contribution >= 4 is 11.9 Å². The number of hydrogen-bond donors (Lipinski definition) is 2. The number of nitrogens with one attached hydrogen (secondary N) is 1. The highest BCUT2D eigenvalue weighted by Gasteiger charge is 2.15. The molecule has 1 aliphatic heterocycles. The van der Waals surface area contributed by atoms with Crippen LogP contribution < -0.4 is 14.8 Å². The van der Waals surface area contributed by atoms with Gasteiger partial charge in [0.05, 0.1) is 0 Å². The number of hydrogen-bond acceptors (Lipinski definition) is 4. The zero-order chi connectivity index (χ0) is 13.0. The molecular weight excluding hydrogens is 238 g/mol. The molecule has 0 bridgehead atoms. The summed E-state index contributed by atoms with van der Waals surface area (Å²) in [6.07, 6.45) is 0.451. The Bertz CT molecular complexity index is 472. The van der Waals surface area contributed by atoms with Crippen LogP contribution in [0.4, 0.5) is 0 Å². The predicted octanol–water partition coefficient (Wildman–Crippen LogP) is 1.01. The first-order chi connectivity index (χ1) is 8.66. The maximum atomic E-state index is 11.7. The summed E-state index contributed by atoms with van der Waals surface area (Å²) in [4.78, 5) is 22.0. The van der Waals surface area contributed by atoms with Gasteiger partial charge in [0, 0.05) is 18.5 Å². The number of benzene rings is 1. The molecule has 0 aliphatic carbocycles. The summed E-state index contributed by atoms with van der Waals surface area (Å²) in [5.41, 5.74) is 0.467. The smallest absolute Gasteiger partial charge is 0.303 e. The van der Waals surface area contributed by atoms with E-state index < -0.39 is 5.97 Å². The van der Waals surface area contributed by atoms with Crippen LogP contribution in [-0.4, -0.2) is 30.3 Å². The minimum absolute atomic E-state index is 0.0431. The van der Waals surface area contributed by atoms with E-state index in [0.717, 1.165) is 0 Å². The quantitative estimate of drug-likeness (QED) is 0.763. The van der Waals surface area contributed by atoms with Gasteiger partial charge in [0.25, 0.3) is 5.91 Å². The molecule has 0 spiro atoms. The van der Waals surface area contributed by atoms with E-state index in [9.17, 15) is 9.59 Å². The van der Waals surface area contributed by atoms with Gasteiger partial charge in [-0.2, -0.15) is 0 Å². The summed E-state index contributed by atoms with van der Waals surface area (Å²) in [7, 11) is 0. The molecule has 0 saturated carbocycles. The number of aliphatic carboxylic acids is 1. The van der Waals surface area contributed by atoms with Gasteiger partial charge in [0.2, 0.25) is 6.79 Å². The highest BCUT2D eigenvalue weighted by molar-refractivity contribution is 5.94. The Morgan fingerprint density at radius 1 is 1.28 bits per heavy atom. The van der Waals surface area contributed by atoms with Gasteiger partial charge in [-0.1, -0.05) is 0 Å². The molecule has 0 fully saturated rings. The van der Waals surface area contributed by atoms with E-state index in [4.69, 9.17) is 14.6 Å². The van der Waals surface area contributed by atoms with Crippen molar-refractivity contribution < 1.29 is 24.2 Å². The zero-order valence-electron chi connectivity index (χ0n) is 9.64. The van der Waals surface area contributed by atoms with Crippen LogP contribution >= 0.6 is 0 Å². The molecule has 1 aliphatic rings. The minimum Gasteiger partial charge on any atom is -0.481 e. The highest BCUT2D eigenvalue weighted by atomic mass is 16.7. The van der Waals surface area contributed by atoms with Gasteiger partial charge in [-0.15, -0.1) is 0 Å². The summed E-state index contributed by atoms with van der Waals surface area (Å²) in [5, 5.41) is 11.1. The van der Waals surface area contributed by atoms with E-state index in [1.807, 2.05) is 0 Å². The Balaban J connectivity index is 1.87. The summed E-state index contributed by atoms with van der Waals surface area (Å²) in [6, 6.07) is 4.92. The fourth-order valence-corrected chi connectivity index (χ4v) is 1.58. The van der Waals surface area contributed by atoms with Crippen LogP contribution in [0.1, 0.15) is 23.2 Å². The Kier molecular flexibility index (Phi) is 3.66. The lowest BCUT2D eigenvalue weighted by Gasteiger charge is -2.05. The number of rotatable bonds is 5. The standard InChI is InChI=1S/C12H13NO5/c14-11(15)2-1-5-13-12(16)8-3-4-9-10(6-8)18-7-17-9/h3-4,6H,1-2,5,7H2,(H,13,16)(H,14,15). The lowest BCUT2D eigenvalue weighted by Crippen LogP contribution is -2.24. The molecule has 1 aromatic rings. The van der Waals surface area contributed by atoms with Gasteiger partial charge in [-0.25, -0.2) is 0 Å². The molecule has 18 heavy (non-hydrogen) atoms. The normalized spacial score (nSPS) is 12.2. The average molecular weight is 251 g/mol. The molecule has 0 unspecified atom stereocenters. The first-order valence-electron chi connectivity index (χ1n) is 5.56. The van der Waals surface area contributed by atoms with Gasteiger partial charge in [0.1, 0.15) is 0 Å². The van der Waals surface area contributed by atoms with Crippen LogP contribution in [0.3, 0.4) is 0 Å². The summed E-state index contributed by atoms with van der Waals surface area (Å²) < 4.78 is 10.3. The second kappa shape index (κ2) is 5.39. The number of carboxylic acids is 1. The van der Waals surface area contributed by atoms with Crippen LogP contribution in [0, 0.1) is 0 Å². The number of carbonyl (C=O) groups is 2. The van der Waals surface area contributed by atoms with E-state index in [1.54, 1.807) is 18.2 Å². The first kappa shape index (κ1) is 12.2. The van der Waals surface area contributed by atoms with Crippen molar-refractivity contribution in [1.82, 2.24) is 5.32 Å². The van der Waals surface area contributed by atoms with Crippen molar-refractivity contribution in [2.75, 3.05) is 13.3 Å². The first-order valence-corrected chi connectivity index (χ1v) is 5.56. The van der Waals surface area contributed by atoms with Gasteiger partial charge in [-0.05, 0) is 24.6 Å². The third-order valence-corrected chi connectivity index (χ3v) is 2.49.